The monoisotopic (exact) mass is 349 g/mol. The van der Waals surface area contributed by atoms with Gasteiger partial charge in [0.2, 0.25) is 10.0 Å². The van der Waals surface area contributed by atoms with Crippen LogP contribution in [0.1, 0.15) is 25.3 Å². The third kappa shape index (κ3) is 7.06. The molecule has 1 atom stereocenters. The van der Waals surface area contributed by atoms with Crippen molar-refractivity contribution in [2.75, 3.05) is 12.4 Å². The Labute approximate surface area is 123 Å². The van der Waals surface area contributed by atoms with Gasteiger partial charge in [0.15, 0.2) is 0 Å². The number of hydrogen-bond acceptors (Lipinski definition) is 3. The number of primary sulfonamides is 1. The van der Waals surface area contributed by atoms with Gasteiger partial charge in [-0.05, 0) is 24.0 Å². The molecule has 0 bridgehead atoms. The topological polar surface area (TPSA) is 69.4 Å². The highest BCUT2D eigenvalue weighted by Crippen LogP contribution is 2.17. The molecule has 0 heterocycles. The molecule has 0 aromatic heterocycles. The van der Waals surface area contributed by atoms with Crippen LogP contribution in [0.25, 0.3) is 0 Å². The van der Waals surface area contributed by atoms with Crippen molar-refractivity contribution in [1.29, 1.82) is 0 Å². The van der Waals surface area contributed by atoms with Crippen LogP contribution in [0.5, 0.6) is 0 Å². The molecular formula is C13H20BrNO3S. The second kappa shape index (κ2) is 7.99. The Hall–Kier alpha value is -0.430. The molecule has 1 aromatic rings. The minimum Gasteiger partial charge on any atom is -0.376 e. The predicted molar refractivity (Wildman–Crippen MR) is 80.2 cm³/mol. The van der Waals surface area contributed by atoms with E-state index in [2.05, 4.69) is 15.9 Å². The van der Waals surface area contributed by atoms with Crippen LogP contribution in [0.15, 0.2) is 28.7 Å². The molecule has 0 spiro atoms. The van der Waals surface area contributed by atoms with Gasteiger partial charge in [0.05, 0.1) is 19.0 Å². The number of ether oxygens (including phenoxy) is 1. The van der Waals surface area contributed by atoms with E-state index in [1.165, 1.54) is 0 Å². The minimum absolute atomic E-state index is 0.0171. The molecule has 19 heavy (non-hydrogen) atoms. The van der Waals surface area contributed by atoms with E-state index < -0.39 is 10.0 Å². The van der Waals surface area contributed by atoms with Crippen molar-refractivity contribution in [3.05, 3.63) is 34.3 Å². The van der Waals surface area contributed by atoms with E-state index in [1.54, 1.807) is 0 Å². The molecular weight excluding hydrogens is 330 g/mol. The third-order valence-corrected chi connectivity index (χ3v) is 4.44. The summed E-state index contributed by atoms with van der Waals surface area (Å²) in [4.78, 5) is 0. The molecule has 0 saturated heterocycles. The second-order valence-corrected chi connectivity index (χ2v) is 7.10. The Morgan fingerprint density at radius 2 is 2.05 bits per heavy atom. The van der Waals surface area contributed by atoms with Crippen LogP contribution in [-0.4, -0.2) is 20.8 Å². The zero-order chi connectivity index (χ0) is 14.3. The lowest BCUT2D eigenvalue weighted by Crippen LogP contribution is -2.26. The highest BCUT2D eigenvalue weighted by Gasteiger charge is 2.15. The van der Waals surface area contributed by atoms with E-state index in [4.69, 9.17) is 9.88 Å². The van der Waals surface area contributed by atoms with Crippen molar-refractivity contribution in [3.63, 3.8) is 0 Å². The molecule has 1 rings (SSSR count). The Kier molecular flexibility index (Phi) is 6.99. The molecule has 0 amide bonds. The Balaban J connectivity index is 2.46. The van der Waals surface area contributed by atoms with Crippen LogP contribution >= 0.6 is 15.9 Å². The molecule has 0 saturated carbocycles. The lowest BCUT2D eigenvalue weighted by Gasteiger charge is -2.15. The maximum atomic E-state index is 11.1. The van der Waals surface area contributed by atoms with Crippen LogP contribution in [0.2, 0.25) is 0 Å². The van der Waals surface area contributed by atoms with E-state index in [0.29, 0.717) is 13.2 Å². The fourth-order valence-electron chi connectivity index (χ4n) is 1.90. The normalized spacial score (nSPS) is 13.4. The van der Waals surface area contributed by atoms with Gasteiger partial charge in [0.1, 0.15) is 0 Å². The maximum Gasteiger partial charge on any atom is 0.209 e. The number of sulfonamides is 1. The fourth-order valence-corrected chi connectivity index (χ4v) is 3.22. The largest absolute Gasteiger partial charge is 0.376 e. The van der Waals surface area contributed by atoms with E-state index in [1.807, 2.05) is 31.2 Å². The molecule has 1 unspecified atom stereocenters. The van der Waals surface area contributed by atoms with Gasteiger partial charge >= 0.3 is 0 Å². The number of hydrogen-bond donors (Lipinski definition) is 1. The van der Waals surface area contributed by atoms with Crippen LogP contribution in [0, 0.1) is 5.92 Å². The summed E-state index contributed by atoms with van der Waals surface area (Å²) in [5.41, 5.74) is 1.05. The molecule has 6 heteroatoms. The first-order chi connectivity index (χ1) is 8.92. The van der Waals surface area contributed by atoms with Crippen LogP contribution in [-0.2, 0) is 21.4 Å². The van der Waals surface area contributed by atoms with E-state index in [0.717, 1.165) is 22.9 Å². The SMILES string of the molecule is CCCC(COCc1ccccc1Br)CS(N)(=O)=O. The molecule has 0 aliphatic carbocycles. The number of halogens is 1. The first-order valence-electron chi connectivity index (χ1n) is 6.24. The van der Waals surface area contributed by atoms with Gasteiger partial charge in [-0.2, -0.15) is 0 Å². The van der Waals surface area contributed by atoms with Gasteiger partial charge in [0.25, 0.3) is 0 Å². The van der Waals surface area contributed by atoms with E-state index in [9.17, 15) is 8.42 Å². The maximum absolute atomic E-state index is 11.1. The average Bonchev–Trinajstić information content (AvgIpc) is 2.30. The third-order valence-electron chi connectivity index (χ3n) is 2.73. The van der Waals surface area contributed by atoms with Crippen molar-refractivity contribution in [2.45, 2.75) is 26.4 Å². The van der Waals surface area contributed by atoms with Crippen molar-refractivity contribution < 1.29 is 13.2 Å². The van der Waals surface area contributed by atoms with Gasteiger partial charge in [-0.3, -0.25) is 0 Å². The lowest BCUT2D eigenvalue weighted by atomic mass is 10.1. The van der Waals surface area contributed by atoms with Crippen molar-refractivity contribution >= 4 is 26.0 Å². The van der Waals surface area contributed by atoms with Gasteiger partial charge in [0, 0.05) is 4.47 Å². The molecule has 0 aliphatic heterocycles. The predicted octanol–water partition coefficient (Wildman–Crippen LogP) is 2.67. The van der Waals surface area contributed by atoms with Crippen LogP contribution in [0.4, 0.5) is 0 Å². The Morgan fingerprint density at radius 1 is 1.37 bits per heavy atom. The summed E-state index contributed by atoms with van der Waals surface area (Å²) in [6.07, 6.45) is 1.71. The molecule has 108 valence electrons. The zero-order valence-electron chi connectivity index (χ0n) is 11.0. The van der Waals surface area contributed by atoms with Crippen LogP contribution in [0.3, 0.4) is 0 Å². The molecule has 4 nitrogen and oxygen atoms in total. The summed E-state index contributed by atoms with van der Waals surface area (Å²) in [5.74, 6) is -0.0564. The summed E-state index contributed by atoms with van der Waals surface area (Å²) >= 11 is 3.45. The summed E-state index contributed by atoms with van der Waals surface area (Å²) in [5, 5.41) is 5.08. The molecule has 0 aliphatic rings. The van der Waals surface area contributed by atoms with Gasteiger partial charge < -0.3 is 4.74 Å². The number of benzene rings is 1. The molecule has 2 N–H and O–H groups in total. The summed E-state index contributed by atoms with van der Waals surface area (Å²) in [6.45, 7) is 2.89. The zero-order valence-corrected chi connectivity index (χ0v) is 13.4. The van der Waals surface area contributed by atoms with Gasteiger partial charge in [-0.25, -0.2) is 13.6 Å². The Morgan fingerprint density at radius 3 is 2.63 bits per heavy atom. The van der Waals surface area contributed by atoms with Crippen LogP contribution < -0.4 is 5.14 Å². The van der Waals surface area contributed by atoms with Crippen molar-refractivity contribution in [1.82, 2.24) is 0 Å². The smallest absolute Gasteiger partial charge is 0.209 e. The fraction of sp³-hybridized carbons (Fsp3) is 0.538. The summed E-state index contributed by atoms with van der Waals surface area (Å²) < 4.78 is 28.8. The molecule has 0 fully saturated rings. The lowest BCUT2D eigenvalue weighted by molar-refractivity contribution is 0.0898. The first kappa shape index (κ1) is 16.6. The van der Waals surface area contributed by atoms with Crippen molar-refractivity contribution in [2.24, 2.45) is 11.1 Å². The Bertz CT molecular complexity index is 490. The summed E-state index contributed by atoms with van der Waals surface area (Å²) in [6, 6.07) is 7.80. The highest BCUT2D eigenvalue weighted by molar-refractivity contribution is 9.10. The second-order valence-electron chi connectivity index (χ2n) is 4.59. The minimum atomic E-state index is -3.44. The number of rotatable bonds is 8. The van der Waals surface area contributed by atoms with E-state index in [-0.39, 0.29) is 11.7 Å². The van der Waals surface area contributed by atoms with Crippen molar-refractivity contribution in [3.8, 4) is 0 Å². The molecule has 1 aromatic carbocycles. The average molecular weight is 350 g/mol. The molecule has 0 radical (unpaired) electrons. The number of nitrogens with two attached hydrogens (primary N) is 1. The standard InChI is InChI=1S/C13H20BrNO3S/c1-2-5-11(10-19(15,16)17)8-18-9-12-6-3-4-7-13(12)14/h3-4,6-7,11H,2,5,8-10H2,1H3,(H2,15,16,17). The first-order valence-corrected chi connectivity index (χ1v) is 8.75. The highest BCUT2D eigenvalue weighted by atomic mass is 79.9. The quantitative estimate of drug-likeness (QED) is 0.784. The van der Waals surface area contributed by atoms with E-state index >= 15 is 0 Å². The van der Waals surface area contributed by atoms with Gasteiger partial charge in [-0.1, -0.05) is 47.5 Å². The van der Waals surface area contributed by atoms with Gasteiger partial charge in [-0.15, -0.1) is 0 Å². The summed E-state index contributed by atoms with van der Waals surface area (Å²) in [7, 11) is -3.44.